The molecule has 0 spiro atoms. The van der Waals surface area contributed by atoms with Crippen LogP contribution in [0.2, 0.25) is 0 Å². The zero-order chi connectivity index (χ0) is 9.68. The van der Waals surface area contributed by atoms with E-state index in [1.165, 1.54) is 38.5 Å². The quantitative estimate of drug-likeness (QED) is 0.729. The summed E-state index contributed by atoms with van der Waals surface area (Å²) in [5.41, 5.74) is 5.74. The van der Waals surface area contributed by atoms with Gasteiger partial charge in [-0.05, 0) is 51.4 Å². The summed E-state index contributed by atoms with van der Waals surface area (Å²) in [6, 6.07) is 0.375. The molecule has 0 aromatic heterocycles. The molecule has 0 saturated heterocycles. The fourth-order valence-electron chi connectivity index (χ4n) is 2.15. The molecule has 0 amide bonds. The van der Waals surface area contributed by atoms with E-state index in [4.69, 9.17) is 10.5 Å². The summed E-state index contributed by atoms with van der Waals surface area (Å²) < 4.78 is 5.34. The first-order valence-electron chi connectivity index (χ1n) is 5.50. The van der Waals surface area contributed by atoms with Crippen LogP contribution < -0.4 is 5.73 Å². The first kappa shape index (κ1) is 11.0. The van der Waals surface area contributed by atoms with Crippen LogP contribution in [0.5, 0.6) is 0 Å². The van der Waals surface area contributed by atoms with E-state index in [1.807, 2.05) is 7.11 Å². The predicted molar refractivity (Wildman–Crippen MR) is 55.6 cm³/mol. The van der Waals surface area contributed by atoms with E-state index in [9.17, 15) is 0 Å². The third-order valence-electron chi connectivity index (χ3n) is 3.16. The maximum Gasteiger partial charge on any atom is 0.0571 e. The lowest BCUT2D eigenvalue weighted by Crippen LogP contribution is -2.22. The SMILES string of the molecule is COC1CCC(CCC(C)N)CC1. The fraction of sp³-hybridized carbons (Fsp3) is 1.00. The molecule has 1 aliphatic rings. The fourth-order valence-corrected chi connectivity index (χ4v) is 2.15. The monoisotopic (exact) mass is 185 g/mol. The average Bonchev–Trinajstić information content (AvgIpc) is 2.15. The molecule has 0 bridgehead atoms. The van der Waals surface area contributed by atoms with Gasteiger partial charge in [-0.25, -0.2) is 0 Å². The molecule has 78 valence electrons. The molecule has 1 fully saturated rings. The van der Waals surface area contributed by atoms with Crippen molar-refractivity contribution in [3.63, 3.8) is 0 Å². The Balaban J connectivity index is 2.10. The van der Waals surface area contributed by atoms with Gasteiger partial charge < -0.3 is 10.5 Å². The molecule has 0 aliphatic heterocycles. The third kappa shape index (κ3) is 4.10. The normalized spacial score (nSPS) is 31.6. The van der Waals surface area contributed by atoms with Gasteiger partial charge in [0.1, 0.15) is 0 Å². The second-order valence-corrected chi connectivity index (χ2v) is 4.43. The van der Waals surface area contributed by atoms with Crippen molar-refractivity contribution >= 4 is 0 Å². The highest BCUT2D eigenvalue weighted by Gasteiger charge is 2.20. The van der Waals surface area contributed by atoms with Gasteiger partial charge in [0.15, 0.2) is 0 Å². The van der Waals surface area contributed by atoms with Gasteiger partial charge in [-0.1, -0.05) is 0 Å². The molecule has 2 heteroatoms. The zero-order valence-corrected chi connectivity index (χ0v) is 8.96. The molecule has 1 aliphatic carbocycles. The number of nitrogens with two attached hydrogens (primary N) is 1. The summed E-state index contributed by atoms with van der Waals surface area (Å²) in [6.07, 6.45) is 8.21. The lowest BCUT2D eigenvalue weighted by atomic mass is 9.84. The molecule has 0 aromatic carbocycles. The van der Waals surface area contributed by atoms with Crippen molar-refractivity contribution in [2.45, 2.75) is 57.6 Å². The Morgan fingerprint density at radius 2 is 1.92 bits per heavy atom. The summed E-state index contributed by atoms with van der Waals surface area (Å²) in [6.45, 7) is 2.10. The highest BCUT2D eigenvalue weighted by Crippen LogP contribution is 2.29. The summed E-state index contributed by atoms with van der Waals surface area (Å²) >= 11 is 0. The van der Waals surface area contributed by atoms with E-state index in [1.54, 1.807) is 0 Å². The zero-order valence-electron chi connectivity index (χ0n) is 8.96. The molecule has 2 nitrogen and oxygen atoms in total. The molecule has 1 unspecified atom stereocenters. The minimum Gasteiger partial charge on any atom is -0.381 e. The Kier molecular flexibility index (Phi) is 4.74. The maximum absolute atomic E-state index is 5.74. The van der Waals surface area contributed by atoms with E-state index >= 15 is 0 Å². The van der Waals surface area contributed by atoms with E-state index < -0.39 is 0 Å². The van der Waals surface area contributed by atoms with Crippen LogP contribution in [0, 0.1) is 5.92 Å². The van der Waals surface area contributed by atoms with Crippen molar-refractivity contribution in [3.8, 4) is 0 Å². The standard InChI is InChI=1S/C11H23NO/c1-9(12)3-4-10-5-7-11(13-2)8-6-10/h9-11H,3-8,12H2,1-2H3. The second-order valence-electron chi connectivity index (χ2n) is 4.43. The van der Waals surface area contributed by atoms with Crippen molar-refractivity contribution in [3.05, 3.63) is 0 Å². The van der Waals surface area contributed by atoms with Crippen LogP contribution in [0.4, 0.5) is 0 Å². The smallest absolute Gasteiger partial charge is 0.0571 e. The summed E-state index contributed by atoms with van der Waals surface area (Å²) in [5, 5.41) is 0. The minimum absolute atomic E-state index is 0.375. The molecule has 2 N–H and O–H groups in total. The van der Waals surface area contributed by atoms with Gasteiger partial charge in [0, 0.05) is 13.2 Å². The summed E-state index contributed by atoms with van der Waals surface area (Å²) in [7, 11) is 1.83. The van der Waals surface area contributed by atoms with Crippen molar-refractivity contribution in [2.75, 3.05) is 7.11 Å². The van der Waals surface area contributed by atoms with Gasteiger partial charge in [0.05, 0.1) is 6.10 Å². The van der Waals surface area contributed by atoms with Crippen molar-refractivity contribution < 1.29 is 4.74 Å². The van der Waals surface area contributed by atoms with Crippen molar-refractivity contribution in [1.29, 1.82) is 0 Å². The Labute approximate surface area is 81.8 Å². The first-order chi connectivity index (χ1) is 6.22. The van der Waals surface area contributed by atoms with Crippen molar-refractivity contribution in [1.82, 2.24) is 0 Å². The van der Waals surface area contributed by atoms with Crippen LogP contribution in [0.25, 0.3) is 0 Å². The number of hydrogen-bond donors (Lipinski definition) is 1. The Bertz CT molecular complexity index is 128. The number of ether oxygens (including phenoxy) is 1. The van der Waals surface area contributed by atoms with E-state index in [0.717, 1.165) is 5.92 Å². The van der Waals surface area contributed by atoms with Crippen molar-refractivity contribution in [2.24, 2.45) is 11.7 Å². The molecule has 0 radical (unpaired) electrons. The predicted octanol–water partition coefficient (Wildman–Crippen LogP) is 2.32. The van der Waals surface area contributed by atoms with Gasteiger partial charge in [0.2, 0.25) is 0 Å². The van der Waals surface area contributed by atoms with Gasteiger partial charge >= 0.3 is 0 Å². The van der Waals surface area contributed by atoms with E-state index in [2.05, 4.69) is 6.92 Å². The summed E-state index contributed by atoms with van der Waals surface area (Å²) in [4.78, 5) is 0. The second kappa shape index (κ2) is 5.61. The molecule has 1 saturated carbocycles. The van der Waals surface area contributed by atoms with Crippen LogP contribution in [0.1, 0.15) is 45.4 Å². The Morgan fingerprint density at radius 3 is 2.38 bits per heavy atom. The number of rotatable bonds is 4. The number of hydrogen-bond acceptors (Lipinski definition) is 2. The Morgan fingerprint density at radius 1 is 1.31 bits per heavy atom. The molecular formula is C11H23NO. The maximum atomic E-state index is 5.74. The molecule has 1 rings (SSSR count). The van der Waals surface area contributed by atoms with Crippen LogP contribution in [-0.2, 0) is 4.74 Å². The lowest BCUT2D eigenvalue weighted by Gasteiger charge is -2.27. The van der Waals surface area contributed by atoms with E-state index in [0.29, 0.717) is 12.1 Å². The van der Waals surface area contributed by atoms with Gasteiger partial charge in [-0.3, -0.25) is 0 Å². The third-order valence-corrected chi connectivity index (χ3v) is 3.16. The van der Waals surface area contributed by atoms with Crippen LogP contribution in [0.3, 0.4) is 0 Å². The largest absolute Gasteiger partial charge is 0.381 e. The van der Waals surface area contributed by atoms with Crippen LogP contribution >= 0.6 is 0 Å². The highest BCUT2D eigenvalue weighted by atomic mass is 16.5. The minimum atomic E-state index is 0.375. The highest BCUT2D eigenvalue weighted by molar-refractivity contribution is 4.73. The molecule has 0 aromatic rings. The molecule has 0 heterocycles. The van der Waals surface area contributed by atoms with Gasteiger partial charge in [0.25, 0.3) is 0 Å². The Hall–Kier alpha value is -0.0800. The van der Waals surface area contributed by atoms with Crippen LogP contribution in [0.15, 0.2) is 0 Å². The topological polar surface area (TPSA) is 35.2 Å². The van der Waals surface area contributed by atoms with Gasteiger partial charge in [-0.15, -0.1) is 0 Å². The summed E-state index contributed by atoms with van der Waals surface area (Å²) in [5.74, 6) is 0.914. The van der Waals surface area contributed by atoms with E-state index in [-0.39, 0.29) is 0 Å². The average molecular weight is 185 g/mol. The molecule has 1 atom stereocenters. The van der Waals surface area contributed by atoms with Crippen LogP contribution in [-0.4, -0.2) is 19.3 Å². The lowest BCUT2D eigenvalue weighted by molar-refractivity contribution is 0.0551. The molecular weight excluding hydrogens is 162 g/mol. The number of methoxy groups -OCH3 is 1. The van der Waals surface area contributed by atoms with Gasteiger partial charge in [-0.2, -0.15) is 0 Å². The molecule has 13 heavy (non-hydrogen) atoms. The first-order valence-corrected chi connectivity index (χ1v) is 5.50.